The summed E-state index contributed by atoms with van der Waals surface area (Å²) in [6.45, 7) is 0.806. The standard InChI is InChI=1S/C16H18N2OS/c19-14(8-9-17-13-6-7-13)10-16-18-15(11-20-16)12-4-2-1-3-5-12/h1-5,11,13,17H,6-10H2. The number of thiazole rings is 1. The summed E-state index contributed by atoms with van der Waals surface area (Å²) in [5.74, 6) is 0.270. The molecule has 1 saturated carbocycles. The third-order valence-corrected chi connectivity index (χ3v) is 4.23. The van der Waals surface area contributed by atoms with Crippen LogP contribution in [-0.4, -0.2) is 23.4 Å². The van der Waals surface area contributed by atoms with E-state index in [1.807, 2.05) is 35.7 Å². The van der Waals surface area contributed by atoms with Crippen molar-refractivity contribution < 1.29 is 4.79 Å². The van der Waals surface area contributed by atoms with Crippen LogP contribution >= 0.6 is 11.3 Å². The zero-order chi connectivity index (χ0) is 13.8. The molecule has 0 amide bonds. The second-order valence-electron chi connectivity index (χ2n) is 5.19. The Balaban J connectivity index is 1.52. The van der Waals surface area contributed by atoms with Gasteiger partial charge < -0.3 is 5.32 Å². The van der Waals surface area contributed by atoms with E-state index in [9.17, 15) is 4.79 Å². The van der Waals surface area contributed by atoms with Crippen molar-refractivity contribution in [3.05, 3.63) is 40.7 Å². The number of ketones is 1. The van der Waals surface area contributed by atoms with Crippen molar-refractivity contribution in [3.63, 3.8) is 0 Å². The number of aromatic nitrogens is 1. The summed E-state index contributed by atoms with van der Waals surface area (Å²) in [5, 5.41) is 6.31. The van der Waals surface area contributed by atoms with E-state index in [0.29, 0.717) is 18.9 Å². The number of nitrogens with one attached hydrogen (secondary N) is 1. The lowest BCUT2D eigenvalue weighted by Crippen LogP contribution is -2.20. The zero-order valence-electron chi connectivity index (χ0n) is 11.3. The molecule has 1 aromatic carbocycles. The number of nitrogens with zero attached hydrogens (tertiary/aromatic N) is 1. The van der Waals surface area contributed by atoms with Gasteiger partial charge in [0.2, 0.25) is 0 Å². The maximum absolute atomic E-state index is 11.9. The first-order valence-electron chi connectivity index (χ1n) is 7.06. The fourth-order valence-electron chi connectivity index (χ4n) is 2.09. The Morgan fingerprint density at radius 2 is 2.10 bits per heavy atom. The molecule has 0 aliphatic heterocycles. The number of carbonyl (C=O) groups excluding carboxylic acids is 1. The molecule has 0 bridgehead atoms. The van der Waals surface area contributed by atoms with Crippen LogP contribution in [0.1, 0.15) is 24.3 Å². The highest BCUT2D eigenvalue weighted by molar-refractivity contribution is 7.10. The van der Waals surface area contributed by atoms with E-state index in [1.165, 1.54) is 12.8 Å². The van der Waals surface area contributed by atoms with E-state index in [4.69, 9.17) is 0 Å². The Kier molecular flexibility index (Phi) is 4.23. The first-order valence-corrected chi connectivity index (χ1v) is 7.94. The molecule has 0 saturated heterocycles. The highest BCUT2D eigenvalue weighted by Crippen LogP contribution is 2.22. The van der Waals surface area contributed by atoms with Gasteiger partial charge in [0.25, 0.3) is 0 Å². The van der Waals surface area contributed by atoms with Gasteiger partial charge in [0, 0.05) is 30.0 Å². The lowest BCUT2D eigenvalue weighted by Gasteiger charge is -2.00. The first-order chi connectivity index (χ1) is 9.81. The molecule has 1 aliphatic carbocycles. The molecule has 20 heavy (non-hydrogen) atoms. The van der Waals surface area contributed by atoms with E-state index in [2.05, 4.69) is 10.3 Å². The SMILES string of the molecule is O=C(CCNC1CC1)Cc1nc(-c2ccccc2)cs1. The smallest absolute Gasteiger partial charge is 0.140 e. The normalized spacial score (nSPS) is 14.4. The predicted molar refractivity (Wildman–Crippen MR) is 81.9 cm³/mol. The summed E-state index contributed by atoms with van der Waals surface area (Å²) in [6, 6.07) is 10.8. The predicted octanol–water partition coefficient (Wildman–Crippen LogP) is 3.06. The van der Waals surface area contributed by atoms with Crippen LogP contribution in [-0.2, 0) is 11.2 Å². The minimum Gasteiger partial charge on any atom is -0.314 e. The van der Waals surface area contributed by atoms with Crippen LogP contribution in [0.15, 0.2) is 35.7 Å². The fraction of sp³-hybridized carbons (Fsp3) is 0.375. The third-order valence-electron chi connectivity index (χ3n) is 3.38. The Morgan fingerprint density at radius 3 is 2.85 bits per heavy atom. The zero-order valence-corrected chi connectivity index (χ0v) is 12.2. The van der Waals surface area contributed by atoms with Gasteiger partial charge in [0.15, 0.2) is 0 Å². The van der Waals surface area contributed by atoms with Crippen LogP contribution < -0.4 is 5.32 Å². The van der Waals surface area contributed by atoms with Gasteiger partial charge in [-0.05, 0) is 12.8 Å². The second-order valence-corrected chi connectivity index (χ2v) is 6.13. The van der Waals surface area contributed by atoms with Crippen LogP contribution in [0.2, 0.25) is 0 Å². The Bertz CT molecular complexity index is 575. The maximum Gasteiger partial charge on any atom is 0.140 e. The molecule has 0 spiro atoms. The average molecular weight is 286 g/mol. The molecule has 1 heterocycles. The molecule has 0 atom stereocenters. The molecule has 1 aliphatic rings. The van der Waals surface area contributed by atoms with E-state index >= 15 is 0 Å². The van der Waals surface area contributed by atoms with Gasteiger partial charge >= 0.3 is 0 Å². The lowest BCUT2D eigenvalue weighted by atomic mass is 10.2. The minimum atomic E-state index is 0.270. The van der Waals surface area contributed by atoms with Crippen molar-refractivity contribution in [2.45, 2.75) is 31.7 Å². The summed E-state index contributed by atoms with van der Waals surface area (Å²) in [5.41, 5.74) is 2.08. The monoisotopic (exact) mass is 286 g/mol. The number of rotatable bonds is 7. The van der Waals surface area contributed by atoms with Crippen LogP contribution in [0.5, 0.6) is 0 Å². The van der Waals surface area contributed by atoms with Crippen LogP contribution in [0.25, 0.3) is 11.3 Å². The summed E-state index contributed by atoms with van der Waals surface area (Å²) in [4.78, 5) is 16.4. The fourth-order valence-corrected chi connectivity index (χ4v) is 2.93. The minimum absolute atomic E-state index is 0.270. The quantitative estimate of drug-likeness (QED) is 0.850. The Morgan fingerprint density at radius 1 is 1.30 bits per heavy atom. The van der Waals surface area contributed by atoms with Crippen molar-refractivity contribution in [3.8, 4) is 11.3 Å². The van der Waals surface area contributed by atoms with E-state index in [-0.39, 0.29) is 5.78 Å². The maximum atomic E-state index is 11.9. The number of Topliss-reactive ketones (excluding diaryl/α,β-unsaturated/α-hetero) is 1. The molecule has 0 unspecified atom stereocenters. The van der Waals surface area contributed by atoms with Crippen molar-refractivity contribution in [1.82, 2.24) is 10.3 Å². The first kappa shape index (κ1) is 13.5. The topological polar surface area (TPSA) is 42.0 Å². The summed E-state index contributed by atoms with van der Waals surface area (Å²) in [7, 11) is 0. The highest BCUT2D eigenvalue weighted by atomic mass is 32.1. The number of hydrogen-bond acceptors (Lipinski definition) is 4. The van der Waals surface area contributed by atoms with Gasteiger partial charge in [0.05, 0.1) is 12.1 Å². The van der Waals surface area contributed by atoms with Gasteiger partial charge in [0.1, 0.15) is 10.8 Å². The van der Waals surface area contributed by atoms with Crippen LogP contribution in [0, 0.1) is 0 Å². The Labute approximate surface area is 123 Å². The molecule has 1 N–H and O–H groups in total. The van der Waals surface area contributed by atoms with Gasteiger partial charge in [-0.1, -0.05) is 30.3 Å². The van der Waals surface area contributed by atoms with E-state index in [0.717, 1.165) is 22.8 Å². The van der Waals surface area contributed by atoms with Gasteiger partial charge in [-0.25, -0.2) is 4.98 Å². The van der Waals surface area contributed by atoms with Crippen molar-refractivity contribution >= 4 is 17.1 Å². The molecule has 3 nitrogen and oxygen atoms in total. The molecular weight excluding hydrogens is 268 g/mol. The summed E-state index contributed by atoms with van der Waals surface area (Å²) < 4.78 is 0. The summed E-state index contributed by atoms with van der Waals surface area (Å²) in [6.07, 6.45) is 3.60. The number of hydrogen-bond donors (Lipinski definition) is 1. The van der Waals surface area contributed by atoms with Gasteiger partial charge in [-0.2, -0.15) is 0 Å². The third kappa shape index (κ3) is 3.74. The van der Waals surface area contributed by atoms with E-state index in [1.54, 1.807) is 11.3 Å². The number of carbonyl (C=O) groups is 1. The molecule has 1 fully saturated rings. The van der Waals surface area contributed by atoms with Crippen molar-refractivity contribution in [1.29, 1.82) is 0 Å². The van der Waals surface area contributed by atoms with Crippen molar-refractivity contribution in [2.24, 2.45) is 0 Å². The molecular formula is C16H18N2OS. The summed E-state index contributed by atoms with van der Waals surface area (Å²) >= 11 is 1.57. The van der Waals surface area contributed by atoms with Gasteiger partial charge in [-0.3, -0.25) is 4.79 Å². The number of benzene rings is 1. The van der Waals surface area contributed by atoms with Crippen LogP contribution in [0.3, 0.4) is 0 Å². The van der Waals surface area contributed by atoms with E-state index < -0.39 is 0 Å². The molecule has 4 heteroatoms. The van der Waals surface area contributed by atoms with Crippen LogP contribution in [0.4, 0.5) is 0 Å². The molecule has 2 aromatic rings. The van der Waals surface area contributed by atoms with Gasteiger partial charge in [-0.15, -0.1) is 11.3 Å². The molecule has 1 aromatic heterocycles. The second kappa shape index (κ2) is 6.29. The molecule has 0 radical (unpaired) electrons. The molecule has 3 rings (SSSR count). The van der Waals surface area contributed by atoms with Crippen molar-refractivity contribution in [2.75, 3.05) is 6.54 Å². The lowest BCUT2D eigenvalue weighted by molar-refractivity contribution is -0.118. The average Bonchev–Trinajstić information content (AvgIpc) is 3.17. The Hall–Kier alpha value is -1.52. The largest absolute Gasteiger partial charge is 0.314 e. The highest BCUT2D eigenvalue weighted by Gasteiger charge is 2.20. The molecule has 104 valence electrons.